The summed E-state index contributed by atoms with van der Waals surface area (Å²) in [6, 6.07) is 2.11. The Balaban J connectivity index is 3.06. The third-order valence-electron chi connectivity index (χ3n) is 3.12. The Morgan fingerprint density at radius 2 is 1.92 bits per heavy atom. The number of carbonyl (C=O) groups excluding carboxylic acids is 1. The van der Waals surface area contributed by atoms with Crippen LogP contribution in [0.2, 0.25) is 5.02 Å². The van der Waals surface area contributed by atoms with Crippen LogP contribution in [0.3, 0.4) is 0 Å². The minimum Gasteiger partial charge on any atom is -0.395 e. The SMILES string of the molecule is C[C@H](CO)NS(=O)(=O)c1ccc(NC(=O)[C@@](C)(O)C(F)(F)F)c(Cl)c1. The fraction of sp³-hybridized carbons (Fsp3) is 0.462. The summed E-state index contributed by atoms with van der Waals surface area (Å²) in [5, 5.41) is 19.6. The van der Waals surface area contributed by atoms with Gasteiger partial charge in [-0.3, -0.25) is 4.79 Å². The molecule has 7 nitrogen and oxygen atoms in total. The first-order chi connectivity index (χ1) is 11.2. The molecule has 12 heteroatoms. The summed E-state index contributed by atoms with van der Waals surface area (Å²) in [7, 11) is -4.03. The van der Waals surface area contributed by atoms with Crippen LogP contribution in [-0.4, -0.2) is 49.0 Å². The molecule has 0 heterocycles. The number of sulfonamides is 1. The average molecular weight is 405 g/mol. The number of hydrogen-bond acceptors (Lipinski definition) is 5. The third kappa shape index (κ3) is 5.05. The highest BCUT2D eigenvalue weighted by molar-refractivity contribution is 7.89. The summed E-state index contributed by atoms with van der Waals surface area (Å²) < 4.78 is 64.0. The maximum atomic E-state index is 12.6. The van der Waals surface area contributed by atoms with E-state index in [1.807, 2.05) is 0 Å². The Bertz CT molecular complexity index is 753. The topological polar surface area (TPSA) is 116 Å². The molecule has 4 N–H and O–H groups in total. The molecular formula is C13H16ClF3N2O5S. The molecule has 2 atom stereocenters. The summed E-state index contributed by atoms with van der Waals surface area (Å²) in [5.74, 6) is -1.77. The molecule has 0 aliphatic heterocycles. The van der Waals surface area contributed by atoms with Crippen molar-refractivity contribution >= 4 is 33.2 Å². The molecule has 1 rings (SSSR count). The van der Waals surface area contributed by atoms with Crippen LogP contribution in [-0.2, 0) is 14.8 Å². The Morgan fingerprint density at radius 1 is 1.36 bits per heavy atom. The Labute approximate surface area is 146 Å². The first-order valence-corrected chi connectivity index (χ1v) is 8.61. The van der Waals surface area contributed by atoms with E-state index in [2.05, 4.69) is 4.72 Å². The largest absolute Gasteiger partial charge is 0.426 e. The van der Waals surface area contributed by atoms with Crippen LogP contribution in [0.15, 0.2) is 23.1 Å². The second-order valence-electron chi connectivity index (χ2n) is 5.37. The van der Waals surface area contributed by atoms with E-state index in [0.29, 0.717) is 0 Å². The lowest BCUT2D eigenvalue weighted by atomic mass is 10.1. The number of aliphatic hydroxyl groups is 2. The highest BCUT2D eigenvalue weighted by atomic mass is 35.5. The van der Waals surface area contributed by atoms with Crippen molar-refractivity contribution < 1.29 is 36.6 Å². The highest BCUT2D eigenvalue weighted by Gasteiger charge is 2.55. The first kappa shape index (κ1) is 21.6. The predicted molar refractivity (Wildman–Crippen MR) is 83.6 cm³/mol. The molecule has 0 radical (unpaired) electrons. The monoisotopic (exact) mass is 404 g/mol. The predicted octanol–water partition coefficient (Wildman–Crippen LogP) is 1.25. The number of hydrogen-bond donors (Lipinski definition) is 4. The molecular weight excluding hydrogens is 389 g/mol. The lowest BCUT2D eigenvalue weighted by molar-refractivity contribution is -0.242. The molecule has 0 saturated carbocycles. The highest BCUT2D eigenvalue weighted by Crippen LogP contribution is 2.32. The Morgan fingerprint density at radius 3 is 2.36 bits per heavy atom. The normalized spacial score (nSPS) is 16.2. The minimum absolute atomic E-state index is 0.273. The Hall–Kier alpha value is -1.40. The van der Waals surface area contributed by atoms with Crippen LogP contribution in [0.4, 0.5) is 18.9 Å². The van der Waals surface area contributed by atoms with Crippen molar-refractivity contribution in [2.75, 3.05) is 11.9 Å². The van der Waals surface area contributed by atoms with Gasteiger partial charge in [0.25, 0.3) is 5.91 Å². The van der Waals surface area contributed by atoms with Gasteiger partial charge in [0.05, 0.1) is 22.2 Å². The van der Waals surface area contributed by atoms with Crippen LogP contribution >= 0.6 is 11.6 Å². The van der Waals surface area contributed by atoms with Crippen LogP contribution < -0.4 is 10.0 Å². The van der Waals surface area contributed by atoms with E-state index in [0.717, 1.165) is 18.2 Å². The zero-order chi connectivity index (χ0) is 19.6. The smallest absolute Gasteiger partial charge is 0.395 e. The van der Waals surface area contributed by atoms with Gasteiger partial charge in [0.2, 0.25) is 15.6 Å². The number of amides is 1. The maximum absolute atomic E-state index is 12.6. The summed E-state index contributed by atoms with van der Waals surface area (Å²) in [6.45, 7) is 1.23. The number of benzene rings is 1. The fourth-order valence-electron chi connectivity index (χ4n) is 1.51. The van der Waals surface area contributed by atoms with E-state index in [4.69, 9.17) is 16.7 Å². The van der Waals surface area contributed by atoms with Gasteiger partial charge in [0.15, 0.2) is 0 Å². The summed E-state index contributed by atoms with van der Waals surface area (Å²) >= 11 is 5.80. The van der Waals surface area contributed by atoms with Gasteiger partial charge in [-0.25, -0.2) is 13.1 Å². The van der Waals surface area contributed by atoms with Crippen LogP contribution in [0, 0.1) is 0 Å². The van der Waals surface area contributed by atoms with Gasteiger partial charge in [-0.1, -0.05) is 11.6 Å². The van der Waals surface area contributed by atoms with Crippen LogP contribution in [0.1, 0.15) is 13.8 Å². The van der Waals surface area contributed by atoms with E-state index < -0.39 is 40.4 Å². The molecule has 142 valence electrons. The van der Waals surface area contributed by atoms with Crippen molar-refractivity contribution in [3.05, 3.63) is 23.2 Å². The van der Waals surface area contributed by atoms with Crippen LogP contribution in [0.25, 0.3) is 0 Å². The quantitative estimate of drug-likeness (QED) is 0.569. The average Bonchev–Trinajstić information content (AvgIpc) is 2.47. The zero-order valence-corrected chi connectivity index (χ0v) is 14.6. The summed E-state index contributed by atoms with van der Waals surface area (Å²) in [4.78, 5) is 11.3. The van der Waals surface area contributed by atoms with E-state index in [1.54, 1.807) is 5.32 Å². The van der Waals surface area contributed by atoms with Gasteiger partial charge < -0.3 is 15.5 Å². The number of anilines is 1. The second-order valence-corrected chi connectivity index (χ2v) is 7.49. The van der Waals surface area contributed by atoms with Crippen molar-refractivity contribution in [3.63, 3.8) is 0 Å². The van der Waals surface area contributed by atoms with Gasteiger partial charge in [0.1, 0.15) is 0 Å². The standard InChI is InChI=1S/C13H16ClF3N2O5S/c1-7(6-20)19-25(23,24)8-3-4-10(9(14)5-8)18-11(21)12(2,22)13(15,16)17/h3-5,7,19-20,22H,6H2,1-2H3,(H,18,21)/t7-,12-/m1/s1. The Kier molecular flexibility index (Phi) is 6.46. The summed E-state index contributed by atoms with van der Waals surface area (Å²) in [6.07, 6.45) is -5.21. The number of halogens is 4. The molecule has 1 aromatic carbocycles. The molecule has 0 spiro atoms. The van der Waals surface area contributed by atoms with E-state index in [9.17, 15) is 31.5 Å². The van der Waals surface area contributed by atoms with Crippen molar-refractivity contribution in [1.82, 2.24) is 4.72 Å². The molecule has 0 unspecified atom stereocenters. The molecule has 0 bridgehead atoms. The van der Waals surface area contributed by atoms with Crippen molar-refractivity contribution in [3.8, 4) is 0 Å². The molecule has 25 heavy (non-hydrogen) atoms. The third-order valence-corrected chi connectivity index (χ3v) is 5.02. The first-order valence-electron chi connectivity index (χ1n) is 6.75. The fourth-order valence-corrected chi connectivity index (χ4v) is 3.06. The van der Waals surface area contributed by atoms with Gasteiger partial charge in [-0.05, 0) is 32.0 Å². The maximum Gasteiger partial charge on any atom is 0.426 e. The molecule has 0 aliphatic rings. The number of carbonyl (C=O) groups is 1. The second kappa shape index (κ2) is 7.46. The molecule has 0 saturated heterocycles. The molecule has 0 aliphatic carbocycles. The lowest BCUT2D eigenvalue weighted by Gasteiger charge is -2.25. The van der Waals surface area contributed by atoms with Gasteiger partial charge in [0, 0.05) is 6.04 Å². The number of nitrogens with one attached hydrogen (secondary N) is 2. The van der Waals surface area contributed by atoms with Crippen LogP contribution in [0.5, 0.6) is 0 Å². The molecule has 0 aromatic heterocycles. The van der Waals surface area contributed by atoms with Crippen molar-refractivity contribution in [1.29, 1.82) is 0 Å². The van der Waals surface area contributed by atoms with Gasteiger partial charge in [-0.15, -0.1) is 0 Å². The zero-order valence-electron chi connectivity index (χ0n) is 13.1. The minimum atomic E-state index is -5.21. The number of aliphatic hydroxyl groups excluding tert-OH is 1. The van der Waals surface area contributed by atoms with E-state index >= 15 is 0 Å². The van der Waals surface area contributed by atoms with E-state index in [-0.39, 0.29) is 22.5 Å². The molecule has 0 fully saturated rings. The number of alkyl halides is 3. The summed E-state index contributed by atoms with van der Waals surface area (Å²) in [5.41, 5.74) is -3.97. The molecule has 1 amide bonds. The van der Waals surface area contributed by atoms with Gasteiger partial charge in [-0.2, -0.15) is 13.2 Å². The molecule has 1 aromatic rings. The van der Waals surface area contributed by atoms with Crippen molar-refractivity contribution in [2.45, 2.75) is 36.6 Å². The lowest BCUT2D eigenvalue weighted by Crippen LogP contribution is -2.52. The number of rotatable bonds is 6. The van der Waals surface area contributed by atoms with Gasteiger partial charge >= 0.3 is 6.18 Å². The van der Waals surface area contributed by atoms with Crippen molar-refractivity contribution in [2.24, 2.45) is 0 Å². The van der Waals surface area contributed by atoms with E-state index in [1.165, 1.54) is 6.92 Å².